The maximum absolute atomic E-state index is 13.0. The monoisotopic (exact) mass is 401 g/mol. The molecule has 0 saturated carbocycles. The van der Waals surface area contributed by atoms with Gasteiger partial charge in [0.15, 0.2) is 11.5 Å². The second-order valence-corrected chi connectivity index (χ2v) is 8.29. The van der Waals surface area contributed by atoms with Gasteiger partial charge in [-0.2, -0.15) is 4.31 Å². The summed E-state index contributed by atoms with van der Waals surface area (Å²) >= 11 is 0. The molecule has 1 aliphatic heterocycles. The Morgan fingerprint density at radius 1 is 1.14 bits per heavy atom. The van der Waals surface area contributed by atoms with E-state index in [9.17, 15) is 13.2 Å². The molecule has 28 heavy (non-hydrogen) atoms. The first-order valence-corrected chi connectivity index (χ1v) is 10.2. The van der Waals surface area contributed by atoms with Crippen LogP contribution >= 0.6 is 0 Å². The number of carbonyl (C=O) groups is 1. The van der Waals surface area contributed by atoms with Crippen LogP contribution in [0.4, 0.5) is 5.69 Å². The quantitative estimate of drug-likeness (QED) is 0.720. The molecule has 8 nitrogen and oxygen atoms in total. The number of anilines is 1. The van der Waals surface area contributed by atoms with Crippen LogP contribution in [-0.2, 0) is 14.8 Å². The first kappa shape index (κ1) is 18.6. The summed E-state index contributed by atoms with van der Waals surface area (Å²) in [6.07, 6.45) is 0. The summed E-state index contributed by atoms with van der Waals surface area (Å²) in [4.78, 5) is 17.0. The van der Waals surface area contributed by atoms with Crippen LogP contribution in [0, 0.1) is 6.92 Å². The summed E-state index contributed by atoms with van der Waals surface area (Å²) in [7, 11) is -3.80. The summed E-state index contributed by atoms with van der Waals surface area (Å²) in [5.74, 6) is 0.0171. The molecule has 2 heterocycles. The van der Waals surface area contributed by atoms with Crippen molar-refractivity contribution in [2.75, 3.05) is 31.6 Å². The molecule has 1 fully saturated rings. The molecule has 0 atom stereocenters. The number of rotatable bonds is 4. The number of fused-ring (bicyclic) bond motifs is 1. The van der Waals surface area contributed by atoms with Crippen LogP contribution in [-0.4, -0.2) is 49.9 Å². The zero-order valence-electron chi connectivity index (χ0n) is 15.2. The Hall–Kier alpha value is -2.75. The second-order valence-electron chi connectivity index (χ2n) is 6.38. The highest BCUT2D eigenvalue weighted by Crippen LogP contribution is 2.24. The number of amides is 1. The van der Waals surface area contributed by atoms with Crippen LogP contribution in [0.25, 0.3) is 11.1 Å². The number of carbonyl (C=O) groups excluding carboxylic acids is 1. The molecule has 0 bridgehead atoms. The van der Waals surface area contributed by atoms with Gasteiger partial charge in [-0.05, 0) is 24.3 Å². The molecule has 4 rings (SSSR count). The zero-order valence-corrected chi connectivity index (χ0v) is 16.0. The van der Waals surface area contributed by atoms with Crippen molar-refractivity contribution < 1.29 is 22.4 Å². The number of sulfonamides is 1. The van der Waals surface area contributed by atoms with E-state index in [1.165, 1.54) is 16.4 Å². The summed E-state index contributed by atoms with van der Waals surface area (Å²) in [6.45, 7) is 2.94. The highest BCUT2D eigenvalue weighted by Gasteiger charge is 2.30. The fourth-order valence-corrected chi connectivity index (χ4v) is 4.72. The van der Waals surface area contributed by atoms with Crippen LogP contribution in [0.2, 0.25) is 0 Å². The highest BCUT2D eigenvalue weighted by atomic mass is 32.2. The van der Waals surface area contributed by atoms with Crippen molar-refractivity contribution >= 4 is 32.7 Å². The van der Waals surface area contributed by atoms with Gasteiger partial charge in [0.05, 0.1) is 23.7 Å². The fraction of sp³-hybridized carbons (Fsp3) is 0.263. The minimum atomic E-state index is -3.80. The van der Waals surface area contributed by atoms with Crippen molar-refractivity contribution in [2.24, 2.45) is 0 Å². The second kappa shape index (κ2) is 7.34. The molecule has 1 aromatic heterocycles. The summed E-state index contributed by atoms with van der Waals surface area (Å²) < 4.78 is 38.1. The normalized spacial score (nSPS) is 15.6. The predicted molar refractivity (Wildman–Crippen MR) is 103 cm³/mol. The number of ether oxygens (including phenoxy) is 1. The average Bonchev–Trinajstić information content (AvgIpc) is 3.08. The topological polar surface area (TPSA) is 102 Å². The third-order valence-electron chi connectivity index (χ3n) is 4.47. The smallest absolute Gasteiger partial charge is 0.257 e. The molecule has 9 heteroatoms. The molecule has 1 aliphatic rings. The van der Waals surface area contributed by atoms with E-state index in [-0.39, 0.29) is 23.5 Å². The SMILES string of the molecule is Cc1nc2ccc(NC(=O)c3ccccc3S(=O)(=O)N3CCOCC3)cc2o1. The Balaban J connectivity index is 1.64. The number of benzene rings is 2. The molecule has 0 aliphatic carbocycles. The van der Waals surface area contributed by atoms with Crippen LogP contribution in [0.1, 0.15) is 16.2 Å². The van der Waals surface area contributed by atoms with E-state index in [1.807, 2.05) is 0 Å². The Labute approximate surface area is 162 Å². The Morgan fingerprint density at radius 2 is 1.89 bits per heavy atom. The Bertz CT molecular complexity index is 1130. The third-order valence-corrected chi connectivity index (χ3v) is 6.43. The van der Waals surface area contributed by atoms with Gasteiger partial charge in [0.1, 0.15) is 5.52 Å². The molecule has 146 valence electrons. The van der Waals surface area contributed by atoms with Gasteiger partial charge in [-0.1, -0.05) is 12.1 Å². The van der Waals surface area contributed by atoms with E-state index in [2.05, 4.69) is 10.3 Å². The van der Waals surface area contributed by atoms with Gasteiger partial charge in [0.2, 0.25) is 10.0 Å². The molecular weight excluding hydrogens is 382 g/mol. The molecule has 2 aromatic carbocycles. The van der Waals surface area contributed by atoms with Gasteiger partial charge in [0, 0.05) is 31.8 Å². The molecular formula is C19H19N3O5S. The van der Waals surface area contributed by atoms with Gasteiger partial charge in [-0.3, -0.25) is 4.79 Å². The first-order valence-electron chi connectivity index (χ1n) is 8.80. The van der Waals surface area contributed by atoms with E-state index in [4.69, 9.17) is 9.15 Å². The van der Waals surface area contributed by atoms with Crippen molar-refractivity contribution in [3.63, 3.8) is 0 Å². The van der Waals surface area contributed by atoms with E-state index in [0.717, 1.165) is 0 Å². The predicted octanol–water partition coefficient (Wildman–Crippen LogP) is 2.41. The number of nitrogens with zero attached hydrogens (tertiary/aromatic N) is 2. The van der Waals surface area contributed by atoms with Gasteiger partial charge in [-0.15, -0.1) is 0 Å². The first-order chi connectivity index (χ1) is 13.4. The van der Waals surface area contributed by atoms with E-state index >= 15 is 0 Å². The number of nitrogens with one attached hydrogen (secondary N) is 1. The van der Waals surface area contributed by atoms with Crippen molar-refractivity contribution in [3.8, 4) is 0 Å². The number of hydrogen-bond donors (Lipinski definition) is 1. The lowest BCUT2D eigenvalue weighted by Gasteiger charge is -2.26. The lowest BCUT2D eigenvalue weighted by atomic mass is 10.2. The molecule has 0 radical (unpaired) electrons. The minimum Gasteiger partial charge on any atom is -0.441 e. The minimum absolute atomic E-state index is 0.0222. The van der Waals surface area contributed by atoms with Crippen molar-refractivity contribution in [3.05, 3.63) is 53.9 Å². The summed E-state index contributed by atoms with van der Waals surface area (Å²) in [5.41, 5.74) is 1.81. The third kappa shape index (κ3) is 3.51. The Morgan fingerprint density at radius 3 is 2.68 bits per heavy atom. The van der Waals surface area contributed by atoms with Gasteiger partial charge in [-0.25, -0.2) is 13.4 Å². The van der Waals surface area contributed by atoms with Crippen LogP contribution in [0.3, 0.4) is 0 Å². The number of oxazole rings is 1. The van der Waals surface area contributed by atoms with Crippen LogP contribution in [0.15, 0.2) is 51.8 Å². The van der Waals surface area contributed by atoms with Gasteiger partial charge in [0.25, 0.3) is 5.91 Å². The van der Waals surface area contributed by atoms with Crippen molar-refractivity contribution in [1.82, 2.24) is 9.29 Å². The number of aromatic nitrogens is 1. The van der Waals surface area contributed by atoms with E-state index in [0.29, 0.717) is 35.9 Å². The molecule has 3 aromatic rings. The number of hydrogen-bond acceptors (Lipinski definition) is 6. The molecule has 1 amide bonds. The summed E-state index contributed by atoms with van der Waals surface area (Å²) in [5, 5.41) is 2.74. The number of aryl methyl sites for hydroxylation is 1. The molecule has 0 spiro atoms. The largest absolute Gasteiger partial charge is 0.441 e. The fourth-order valence-electron chi connectivity index (χ4n) is 3.12. The van der Waals surface area contributed by atoms with Gasteiger partial charge >= 0.3 is 0 Å². The van der Waals surface area contributed by atoms with E-state index in [1.54, 1.807) is 37.3 Å². The maximum Gasteiger partial charge on any atom is 0.257 e. The van der Waals surface area contributed by atoms with Crippen molar-refractivity contribution in [1.29, 1.82) is 0 Å². The average molecular weight is 401 g/mol. The van der Waals surface area contributed by atoms with Gasteiger partial charge < -0.3 is 14.5 Å². The van der Waals surface area contributed by atoms with E-state index < -0.39 is 15.9 Å². The maximum atomic E-state index is 13.0. The molecule has 0 unspecified atom stereocenters. The zero-order chi connectivity index (χ0) is 19.7. The highest BCUT2D eigenvalue weighted by molar-refractivity contribution is 7.89. The standard InChI is InChI=1S/C19H19N3O5S/c1-13-20-16-7-6-14(12-17(16)27-13)21-19(23)15-4-2-3-5-18(15)28(24,25)22-8-10-26-11-9-22/h2-7,12H,8-11H2,1H3,(H,21,23). The lowest BCUT2D eigenvalue weighted by Crippen LogP contribution is -2.41. The molecule has 1 saturated heterocycles. The Kier molecular flexibility index (Phi) is 4.88. The van der Waals surface area contributed by atoms with Crippen molar-refractivity contribution in [2.45, 2.75) is 11.8 Å². The summed E-state index contributed by atoms with van der Waals surface area (Å²) in [6, 6.07) is 11.3. The van der Waals surface area contributed by atoms with Crippen LogP contribution in [0.5, 0.6) is 0 Å². The number of morpholine rings is 1. The van der Waals surface area contributed by atoms with Crippen LogP contribution < -0.4 is 5.32 Å². The lowest BCUT2D eigenvalue weighted by molar-refractivity contribution is 0.0730. The molecule has 1 N–H and O–H groups in total.